The van der Waals surface area contributed by atoms with Crippen LogP contribution in [-0.4, -0.2) is 17.3 Å². The molecule has 0 unspecified atom stereocenters. The third-order valence-electron chi connectivity index (χ3n) is 3.86. The first-order valence-corrected chi connectivity index (χ1v) is 9.96. The van der Waals surface area contributed by atoms with Crippen LogP contribution in [0.5, 0.6) is 5.75 Å². The number of anilines is 1. The molecule has 3 aromatic rings. The number of benzene rings is 3. The van der Waals surface area contributed by atoms with Gasteiger partial charge in [0.25, 0.3) is 0 Å². The Kier molecular flexibility index (Phi) is 7.14. The van der Waals surface area contributed by atoms with Crippen LogP contribution in [0.3, 0.4) is 0 Å². The first kappa shape index (κ1) is 21.2. The highest BCUT2D eigenvalue weighted by Crippen LogP contribution is 2.26. The SMILES string of the molecule is O=C(O)c1cccc(NN=Cc2cc(Br)ccc2OCc2ccc(Cl)c(Cl)c2)c1. The first-order valence-electron chi connectivity index (χ1n) is 8.41. The second-order valence-corrected chi connectivity index (χ2v) is 7.71. The summed E-state index contributed by atoms with van der Waals surface area (Å²) in [4.78, 5) is 11.1. The zero-order valence-corrected chi connectivity index (χ0v) is 18.0. The number of nitrogens with one attached hydrogen (secondary N) is 1. The van der Waals surface area contributed by atoms with Crippen LogP contribution in [0.25, 0.3) is 0 Å². The fraction of sp³-hybridized carbons (Fsp3) is 0.0476. The largest absolute Gasteiger partial charge is 0.488 e. The molecule has 3 rings (SSSR count). The third-order valence-corrected chi connectivity index (χ3v) is 5.09. The van der Waals surface area contributed by atoms with Crippen LogP contribution >= 0.6 is 39.1 Å². The number of nitrogens with zero attached hydrogens (tertiary/aromatic N) is 1. The summed E-state index contributed by atoms with van der Waals surface area (Å²) in [6, 6.07) is 17.3. The Morgan fingerprint density at radius 2 is 1.93 bits per heavy atom. The van der Waals surface area contributed by atoms with Gasteiger partial charge >= 0.3 is 5.97 Å². The lowest BCUT2D eigenvalue weighted by Gasteiger charge is -2.10. The highest BCUT2D eigenvalue weighted by molar-refractivity contribution is 9.10. The lowest BCUT2D eigenvalue weighted by atomic mass is 10.2. The smallest absolute Gasteiger partial charge is 0.335 e. The monoisotopic (exact) mass is 492 g/mol. The number of aromatic carboxylic acids is 1. The van der Waals surface area contributed by atoms with Gasteiger partial charge in [-0.2, -0.15) is 5.10 Å². The summed E-state index contributed by atoms with van der Waals surface area (Å²) < 4.78 is 6.78. The summed E-state index contributed by atoms with van der Waals surface area (Å²) >= 11 is 15.4. The molecule has 8 heteroatoms. The second-order valence-electron chi connectivity index (χ2n) is 5.98. The molecule has 0 amide bonds. The van der Waals surface area contributed by atoms with Crippen LogP contribution in [-0.2, 0) is 6.61 Å². The molecule has 0 radical (unpaired) electrons. The number of carboxylic acid groups (broad SMARTS) is 1. The van der Waals surface area contributed by atoms with Crippen LogP contribution in [0.1, 0.15) is 21.5 Å². The molecule has 0 saturated carbocycles. The summed E-state index contributed by atoms with van der Waals surface area (Å²) in [6.07, 6.45) is 1.60. The molecule has 0 fully saturated rings. The maximum absolute atomic E-state index is 11.1. The first-order chi connectivity index (χ1) is 13.9. The van der Waals surface area contributed by atoms with E-state index in [1.165, 1.54) is 12.1 Å². The molecule has 0 aliphatic rings. The van der Waals surface area contributed by atoms with E-state index in [-0.39, 0.29) is 5.56 Å². The van der Waals surface area contributed by atoms with E-state index >= 15 is 0 Å². The van der Waals surface area contributed by atoms with Gasteiger partial charge in [-0.25, -0.2) is 4.79 Å². The van der Waals surface area contributed by atoms with E-state index in [0.717, 1.165) is 15.6 Å². The number of halogens is 3. The topological polar surface area (TPSA) is 70.9 Å². The third kappa shape index (κ3) is 5.97. The van der Waals surface area contributed by atoms with Gasteiger partial charge in [0.05, 0.1) is 27.5 Å². The van der Waals surface area contributed by atoms with Crippen molar-refractivity contribution in [1.29, 1.82) is 0 Å². The van der Waals surface area contributed by atoms with Gasteiger partial charge < -0.3 is 9.84 Å². The lowest BCUT2D eigenvalue weighted by molar-refractivity contribution is 0.0697. The van der Waals surface area contributed by atoms with E-state index in [2.05, 4.69) is 26.5 Å². The summed E-state index contributed by atoms with van der Waals surface area (Å²) in [5.41, 5.74) is 5.19. The fourth-order valence-corrected chi connectivity index (χ4v) is 3.14. The molecule has 0 aliphatic heterocycles. The van der Waals surface area contributed by atoms with Crippen molar-refractivity contribution in [3.8, 4) is 5.75 Å². The van der Waals surface area contributed by atoms with Gasteiger partial charge in [-0.05, 0) is 54.1 Å². The van der Waals surface area contributed by atoms with Crippen LogP contribution in [0.2, 0.25) is 10.0 Å². The zero-order chi connectivity index (χ0) is 20.8. The summed E-state index contributed by atoms with van der Waals surface area (Å²) in [5, 5.41) is 14.2. The van der Waals surface area contributed by atoms with E-state index in [0.29, 0.717) is 28.1 Å². The molecular weight excluding hydrogens is 479 g/mol. The van der Waals surface area contributed by atoms with Gasteiger partial charge in [-0.3, -0.25) is 5.43 Å². The van der Waals surface area contributed by atoms with Gasteiger partial charge in [0, 0.05) is 10.0 Å². The van der Waals surface area contributed by atoms with Crippen molar-refractivity contribution in [1.82, 2.24) is 0 Å². The maximum atomic E-state index is 11.1. The lowest BCUT2D eigenvalue weighted by Crippen LogP contribution is -2.00. The standard InChI is InChI=1S/C21H15BrCl2N2O3/c22-16-5-7-20(29-12-13-4-6-18(23)19(24)8-13)15(9-16)11-25-26-17-3-1-2-14(10-17)21(27)28/h1-11,26H,12H2,(H,27,28). The minimum absolute atomic E-state index is 0.179. The Morgan fingerprint density at radius 3 is 2.69 bits per heavy atom. The number of ether oxygens (including phenoxy) is 1. The van der Waals surface area contributed by atoms with Gasteiger partial charge in [-0.15, -0.1) is 0 Å². The highest BCUT2D eigenvalue weighted by Gasteiger charge is 2.06. The van der Waals surface area contributed by atoms with E-state index in [9.17, 15) is 4.79 Å². The van der Waals surface area contributed by atoms with Crippen molar-refractivity contribution in [2.45, 2.75) is 6.61 Å². The second kappa shape index (κ2) is 9.78. The Morgan fingerprint density at radius 1 is 1.10 bits per heavy atom. The number of hydrogen-bond donors (Lipinski definition) is 2. The van der Waals surface area contributed by atoms with Crippen LogP contribution in [0, 0.1) is 0 Å². The molecule has 0 heterocycles. The van der Waals surface area contributed by atoms with Crippen molar-refractivity contribution < 1.29 is 14.6 Å². The van der Waals surface area contributed by atoms with Crippen molar-refractivity contribution in [3.05, 3.63) is 91.9 Å². The van der Waals surface area contributed by atoms with Gasteiger partial charge in [0.15, 0.2) is 0 Å². The van der Waals surface area contributed by atoms with E-state index < -0.39 is 5.97 Å². The molecular formula is C21H15BrCl2N2O3. The predicted octanol–water partition coefficient (Wildman–Crippen LogP) is 6.48. The average molecular weight is 494 g/mol. The van der Waals surface area contributed by atoms with Crippen molar-refractivity contribution in [2.24, 2.45) is 5.10 Å². The van der Waals surface area contributed by atoms with Crippen molar-refractivity contribution in [3.63, 3.8) is 0 Å². The highest BCUT2D eigenvalue weighted by atomic mass is 79.9. The zero-order valence-electron chi connectivity index (χ0n) is 14.9. The van der Waals surface area contributed by atoms with Crippen molar-refractivity contribution >= 4 is 57.0 Å². The number of rotatable bonds is 7. The molecule has 0 aliphatic carbocycles. The fourth-order valence-electron chi connectivity index (χ4n) is 2.44. The molecule has 0 aromatic heterocycles. The summed E-state index contributed by atoms with van der Waals surface area (Å²) in [7, 11) is 0. The van der Waals surface area contributed by atoms with Gasteiger partial charge in [0.1, 0.15) is 12.4 Å². The molecule has 29 heavy (non-hydrogen) atoms. The van der Waals surface area contributed by atoms with Gasteiger partial charge in [-0.1, -0.05) is 51.3 Å². The molecule has 5 nitrogen and oxygen atoms in total. The van der Waals surface area contributed by atoms with Crippen LogP contribution < -0.4 is 10.2 Å². The Labute approximate surface area is 186 Å². The van der Waals surface area contributed by atoms with Crippen LogP contribution in [0.15, 0.2) is 70.2 Å². The number of hydrazone groups is 1. The average Bonchev–Trinajstić information content (AvgIpc) is 2.70. The van der Waals surface area contributed by atoms with Crippen LogP contribution in [0.4, 0.5) is 5.69 Å². The number of carboxylic acids is 1. The normalized spacial score (nSPS) is 10.9. The number of carbonyl (C=O) groups is 1. The molecule has 2 N–H and O–H groups in total. The molecule has 148 valence electrons. The van der Waals surface area contributed by atoms with Gasteiger partial charge in [0.2, 0.25) is 0 Å². The Balaban J connectivity index is 1.72. The molecule has 0 atom stereocenters. The Bertz CT molecular complexity index is 1070. The Hall–Kier alpha value is -2.54. The van der Waals surface area contributed by atoms with E-state index in [4.69, 9.17) is 33.0 Å². The summed E-state index contributed by atoms with van der Waals surface area (Å²) in [6.45, 7) is 0.313. The molecule has 0 bridgehead atoms. The minimum Gasteiger partial charge on any atom is -0.488 e. The maximum Gasteiger partial charge on any atom is 0.335 e. The van der Waals surface area contributed by atoms with E-state index in [1.807, 2.05) is 24.3 Å². The molecule has 0 saturated heterocycles. The quantitative estimate of drug-likeness (QED) is 0.292. The summed E-state index contributed by atoms with van der Waals surface area (Å²) in [5.74, 6) is -0.369. The molecule has 3 aromatic carbocycles. The van der Waals surface area contributed by atoms with Crippen molar-refractivity contribution in [2.75, 3.05) is 5.43 Å². The minimum atomic E-state index is -0.998. The van der Waals surface area contributed by atoms with E-state index in [1.54, 1.807) is 30.5 Å². The number of hydrogen-bond acceptors (Lipinski definition) is 4. The predicted molar refractivity (Wildman–Crippen MR) is 120 cm³/mol. The molecule has 0 spiro atoms.